The normalized spacial score (nSPS) is 16.4. The molecular formula is C11H19LiN2O4. The molecule has 0 aliphatic carbocycles. The van der Waals surface area contributed by atoms with Gasteiger partial charge in [-0.1, -0.05) is 0 Å². The molecule has 0 saturated carbocycles. The molecule has 1 aliphatic rings. The van der Waals surface area contributed by atoms with Crippen molar-refractivity contribution >= 4 is 12.1 Å². The first-order valence-electron chi connectivity index (χ1n) is 5.65. The van der Waals surface area contributed by atoms with E-state index in [2.05, 4.69) is 5.32 Å². The molecule has 18 heavy (non-hydrogen) atoms. The van der Waals surface area contributed by atoms with Crippen molar-refractivity contribution in [1.29, 1.82) is 0 Å². The molecule has 6 nitrogen and oxygen atoms in total. The third-order valence-electron chi connectivity index (χ3n) is 2.32. The van der Waals surface area contributed by atoms with Crippen LogP contribution in [-0.4, -0.2) is 48.7 Å². The Morgan fingerprint density at radius 1 is 1.39 bits per heavy atom. The number of alkyl carbamates (subject to hydrolysis) is 1. The summed E-state index contributed by atoms with van der Waals surface area (Å²) in [5, 5.41) is 13.0. The minimum absolute atomic E-state index is 0. The van der Waals surface area contributed by atoms with Gasteiger partial charge in [-0.15, -0.1) is 0 Å². The van der Waals surface area contributed by atoms with E-state index < -0.39 is 17.7 Å². The summed E-state index contributed by atoms with van der Waals surface area (Å²) in [5.74, 6) is -0.773. The number of amides is 1. The summed E-state index contributed by atoms with van der Waals surface area (Å²) < 4.78 is 5.08. The van der Waals surface area contributed by atoms with E-state index >= 15 is 0 Å². The van der Waals surface area contributed by atoms with Gasteiger partial charge in [0, 0.05) is 32.1 Å². The summed E-state index contributed by atoms with van der Waals surface area (Å²) in [5.41, 5.74) is -0.495. The molecule has 0 aromatic heterocycles. The van der Waals surface area contributed by atoms with Crippen molar-refractivity contribution in [2.75, 3.05) is 26.2 Å². The number of carboxylic acids is 1. The molecule has 0 spiro atoms. The van der Waals surface area contributed by atoms with Gasteiger partial charge in [0.05, 0.1) is 5.97 Å². The SMILES string of the molecule is CC(C)(C)OC(=O)NCC1CN(CC(=O)[O-])C1.[Li+]. The minimum Gasteiger partial charge on any atom is -0.549 e. The van der Waals surface area contributed by atoms with Gasteiger partial charge >= 0.3 is 25.0 Å². The Kier molecular flexibility index (Phi) is 6.75. The number of carbonyl (C=O) groups is 2. The molecular weight excluding hydrogens is 231 g/mol. The fourth-order valence-corrected chi connectivity index (χ4v) is 1.66. The van der Waals surface area contributed by atoms with Crippen molar-refractivity contribution < 1.29 is 38.3 Å². The zero-order valence-corrected chi connectivity index (χ0v) is 11.5. The number of likely N-dealkylation sites (tertiary alicyclic amines) is 1. The van der Waals surface area contributed by atoms with Crippen LogP contribution in [0.4, 0.5) is 4.79 Å². The topological polar surface area (TPSA) is 81.7 Å². The van der Waals surface area contributed by atoms with Gasteiger partial charge in [-0.05, 0) is 20.8 Å². The van der Waals surface area contributed by atoms with Crippen LogP contribution in [0.2, 0.25) is 0 Å². The summed E-state index contributed by atoms with van der Waals surface area (Å²) in [6, 6.07) is 0. The third kappa shape index (κ3) is 6.89. The number of nitrogens with one attached hydrogen (secondary N) is 1. The van der Waals surface area contributed by atoms with E-state index in [1.165, 1.54) is 0 Å². The Bertz CT molecular complexity index is 298. The molecule has 0 radical (unpaired) electrons. The monoisotopic (exact) mass is 250 g/mol. The number of nitrogens with zero attached hydrogens (tertiary/aromatic N) is 1. The first-order valence-corrected chi connectivity index (χ1v) is 5.65. The molecule has 1 heterocycles. The Hall–Kier alpha value is -0.703. The summed E-state index contributed by atoms with van der Waals surface area (Å²) >= 11 is 0. The smallest absolute Gasteiger partial charge is 0.549 e. The third-order valence-corrected chi connectivity index (χ3v) is 2.32. The molecule has 0 aromatic carbocycles. The molecule has 1 saturated heterocycles. The fraction of sp³-hybridized carbons (Fsp3) is 0.818. The predicted octanol–water partition coefficient (Wildman–Crippen LogP) is -3.80. The van der Waals surface area contributed by atoms with Crippen LogP contribution in [0.25, 0.3) is 0 Å². The summed E-state index contributed by atoms with van der Waals surface area (Å²) in [6.45, 7) is 7.22. The fourth-order valence-electron chi connectivity index (χ4n) is 1.66. The van der Waals surface area contributed by atoms with Crippen LogP contribution in [0.3, 0.4) is 0 Å². The van der Waals surface area contributed by atoms with Gasteiger partial charge in [-0.2, -0.15) is 0 Å². The number of carboxylic acid groups (broad SMARTS) is 1. The standard InChI is InChI=1S/C11H20N2O4.Li/c1-11(2,3)17-10(16)12-4-8-5-13(6-8)7-9(14)15;/h8H,4-7H2,1-3H3,(H,12,16)(H,14,15);/q;+1/p-1. The molecule has 1 fully saturated rings. The van der Waals surface area contributed by atoms with Crippen molar-refractivity contribution in [3.63, 3.8) is 0 Å². The number of hydrogen-bond acceptors (Lipinski definition) is 5. The molecule has 0 bridgehead atoms. The zero-order chi connectivity index (χ0) is 13.1. The second kappa shape index (κ2) is 7.03. The van der Waals surface area contributed by atoms with E-state index in [1.807, 2.05) is 0 Å². The zero-order valence-electron chi connectivity index (χ0n) is 11.5. The Labute approximate surface area is 119 Å². The molecule has 1 N–H and O–H groups in total. The quantitative estimate of drug-likeness (QED) is 0.517. The van der Waals surface area contributed by atoms with Gasteiger partial charge in [-0.3, -0.25) is 4.90 Å². The van der Waals surface area contributed by atoms with Crippen LogP contribution >= 0.6 is 0 Å². The summed E-state index contributed by atoms with van der Waals surface area (Å²) in [7, 11) is 0. The van der Waals surface area contributed by atoms with E-state index in [0.717, 1.165) is 0 Å². The number of rotatable bonds is 4. The van der Waals surface area contributed by atoms with Crippen LogP contribution in [0, 0.1) is 5.92 Å². The Morgan fingerprint density at radius 3 is 2.39 bits per heavy atom. The van der Waals surface area contributed by atoms with E-state index in [0.29, 0.717) is 25.6 Å². The Morgan fingerprint density at radius 2 is 1.94 bits per heavy atom. The van der Waals surface area contributed by atoms with Gasteiger partial charge in [0.2, 0.25) is 0 Å². The number of ether oxygens (including phenoxy) is 1. The Balaban J connectivity index is 0.00000289. The van der Waals surface area contributed by atoms with Crippen molar-refractivity contribution in [2.24, 2.45) is 5.92 Å². The van der Waals surface area contributed by atoms with Crippen LogP contribution < -0.4 is 29.3 Å². The van der Waals surface area contributed by atoms with Gasteiger partial charge in [-0.25, -0.2) is 4.79 Å². The number of aliphatic carboxylic acids is 1. The first kappa shape index (κ1) is 17.3. The van der Waals surface area contributed by atoms with Gasteiger partial charge < -0.3 is 20.0 Å². The van der Waals surface area contributed by atoms with Crippen LogP contribution in [0.1, 0.15) is 20.8 Å². The minimum atomic E-state index is -1.07. The summed E-state index contributed by atoms with van der Waals surface area (Å²) in [6.07, 6.45) is -0.434. The van der Waals surface area contributed by atoms with Crippen LogP contribution in [-0.2, 0) is 9.53 Å². The molecule has 1 rings (SSSR count). The van der Waals surface area contributed by atoms with Gasteiger partial charge in [0.1, 0.15) is 5.60 Å². The molecule has 0 aromatic rings. The van der Waals surface area contributed by atoms with Gasteiger partial charge in [0.15, 0.2) is 0 Å². The molecule has 7 heteroatoms. The van der Waals surface area contributed by atoms with Crippen molar-refractivity contribution in [2.45, 2.75) is 26.4 Å². The van der Waals surface area contributed by atoms with Crippen LogP contribution in [0.15, 0.2) is 0 Å². The molecule has 0 atom stereocenters. The van der Waals surface area contributed by atoms with E-state index in [-0.39, 0.29) is 25.4 Å². The number of hydrogen-bond donors (Lipinski definition) is 1. The van der Waals surface area contributed by atoms with E-state index in [4.69, 9.17) is 4.74 Å². The molecule has 98 valence electrons. The second-order valence-corrected chi connectivity index (χ2v) is 5.31. The van der Waals surface area contributed by atoms with Crippen molar-refractivity contribution in [1.82, 2.24) is 10.2 Å². The maximum absolute atomic E-state index is 11.3. The average Bonchev–Trinajstić information content (AvgIpc) is 2.04. The average molecular weight is 250 g/mol. The summed E-state index contributed by atoms with van der Waals surface area (Å²) in [4.78, 5) is 23.4. The molecule has 0 unspecified atom stereocenters. The number of carbonyl (C=O) groups excluding carboxylic acids is 2. The van der Waals surface area contributed by atoms with E-state index in [9.17, 15) is 14.7 Å². The molecule has 1 amide bonds. The van der Waals surface area contributed by atoms with Crippen molar-refractivity contribution in [3.05, 3.63) is 0 Å². The second-order valence-electron chi connectivity index (χ2n) is 5.31. The molecule has 1 aliphatic heterocycles. The first-order chi connectivity index (χ1) is 7.76. The van der Waals surface area contributed by atoms with Gasteiger partial charge in [0.25, 0.3) is 0 Å². The maximum Gasteiger partial charge on any atom is 1.00 e. The maximum atomic E-state index is 11.3. The van der Waals surface area contributed by atoms with Crippen molar-refractivity contribution in [3.8, 4) is 0 Å². The predicted molar refractivity (Wildman–Crippen MR) is 59.2 cm³/mol. The van der Waals surface area contributed by atoms with E-state index in [1.54, 1.807) is 25.7 Å². The van der Waals surface area contributed by atoms with Crippen LogP contribution in [0.5, 0.6) is 0 Å². The largest absolute Gasteiger partial charge is 1.00 e.